The molecular formula is C13H19N5O2S. The smallest absolute Gasteiger partial charge is 0.243 e. The molecule has 0 unspecified atom stereocenters. The van der Waals surface area contributed by atoms with Crippen LogP contribution >= 0.6 is 0 Å². The summed E-state index contributed by atoms with van der Waals surface area (Å²) >= 11 is 0. The molecule has 0 fully saturated rings. The van der Waals surface area contributed by atoms with E-state index >= 15 is 0 Å². The number of rotatable bonds is 7. The molecule has 0 saturated heterocycles. The van der Waals surface area contributed by atoms with E-state index in [1.807, 2.05) is 6.92 Å². The van der Waals surface area contributed by atoms with Crippen LogP contribution in [0.15, 0.2) is 35.6 Å². The second-order valence-electron chi connectivity index (χ2n) is 4.67. The summed E-state index contributed by atoms with van der Waals surface area (Å²) in [7, 11) is -2.01. The molecule has 0 saturated carbocycles. The Hall–Kier alpha value is -1.93. The summed E-state index contributed by atoms with van der Waals surface area (Å²) in [6.07, 6.45) is 5.72. The van der Waals surface area contributed by atoms with E-state index in [4.69, 9.17) is 0 Å². The Labute approximate surface area is 124 Å². The summed E-state index contributed by atoms with van der Waals surface area (Å²) in [5, 5.41) is 9.56. The maximum atomic E-state index is 12.5. The molecule has 0 aliphatic heterocycles. The van der Waals surface area contributed by atoms with Crippen LogP contribution in [0.3, 0.4) is 0 Å². The topological polar surface area (TPSA) is 91.0 Å². The number of sulfonamides is 1. The Kier molecular flexibility index (Phi) is 4.92. The number of anilines is 1. The molecule has 0 bridgehead atoms. The van der Waals surface area contributed by atoms with E-state index < -0.39 is 10.0 Å². The van der Waals surface area contributed by atoms with Gasteiger partial charge in [0.2, 0.25) is 10.0 Å². The minimum absolute atomic E-state index is 0.224. The number of hydrogen-bond acceptors (Lipinski definition) is 5. The fourth-order valence-corrected chi connectivity index (χ4v) is 2.98. The summed E-state index contributed by atoms with van der Waals surface area (Å²) in [6, 6.07) is 3.05. The number of nitrogens with one attached hydrogen (secondary N) is 2. The molecule has 0 amide bonds. The molecule has 21 heavy (non-hydrogen) atoms. The van der Waals surface area contributed by atoms with Crippen molar-refractivity contribution in [1.82, 2.24) is 19.5 Å². The van der Waals surface area contributed by atoms with Crippen LogP contribution in [0.4, 0.5) is 5.82 Å². The van der Waals surface area contributed by atoms with Crippen LogP contribution in [0.5, 0.6) is 0 Å². The number of nitrogens with zero attached hydrogens (tertiary/aromatic N) is 3. The summed E-state index contributed by atoms with van der Waals surface area (Å²) in [5.74, 6) is 0.564. The van der Waals surface area contributed by atoms with Gasteiger partial charge < -0.3 is 5.32 Å². The molecule has 2 heterocycles. The van der Waals surface area contributed by atoms with E-state index in [-0.39, 0.29) is 11.4 Å². The minimum Gasteiger partial charge on any atom is -0.370 e. The molecule has 2 aromatic rings. The van der Waals surface area contributed by atoms with E-state index in [1.165, 1.54) is 16.6 Å². The fraction of sp³-hybridized carbons (Fsp3) is 0.385. The Morgan fingerprint density at radius 2 is 2.24 bits per heavy atom. The number of aromatic nitrogens is 3. The highest BCUT2D eigenvalue weighted by molar-refractivity contribution is 7.89. The van der Waals surface area contributed by atoms with Gasteiger partial charge in [0.1, 0.15) is 5.82 Å². The monoisotopic (exact) mass is 309 g/mol. The van der Waals surface area contributed by atoms with Crippen LogP contribution in [0.1, 0.15) is 18.9 Å². The second-order valence-corrected chi connectivity index (χ2v) is 6.72. The van der Waals surface area contributed by atoms with Crippen molar-refractivity contribution in [2.24, 2.45) is 0 Å². The van der Waals surface area contributed by atoms with Gasteiger partial charge in [-0.15, -0.1) is 0 Å². The van der Waals surface area contributed by atoms with Crippen molar-refractivity contribution in [3.05, 3.63) is 36.3 Å². The first-order valence-electron chi connectivity index (χ1n) is 6.68. The van der Waals surface area contributed by atoms with Gasteiger partial charge in [0.15, 0.2) is 0 Å². The van der Waals surface area contributed by atoms with E-state index in [9.17, 15) is 8.42 Å². The molecule has 0 atom stereocenters. The van der Waals surface area contributed by atoms with Crippen LogP contribution in [0.25, 0.3) is 0 Å². The highest BCUT2D eigenvalue weighted by Gasteiger charge is 2.21. The van der Waals surface area contributed by atoms with Gasteiger partial charge in [0, 0.05) is 44.2 Å². The zero-order chi connectivity index (χ0) is 15.3. The molecule has 0 aliphatic carbocycles. The lowest BCUT2D eigenvalue weighted by molar-refractivity contribution is 0.466. The predicted molar refractivity (Wildman–Crippen MR) is 80.3 cm³/mol. The second kappa shape index (κ2) is 6.68. The van der Waals surface area contributed by atoms with E-state index in [0.29, 0.717) is 5.82 Å². The van der Waals surface area contributed by atoms with Gasteiger partial charge in [0.05, 0.1) is 11.1 Å². The summed E-state index contributed by atoms with van der Waals surface area (Å²) < 4.78 is 26.3. The zero-order valence-corrected chi connectivity index (χ0v) is 12.9. The van der Waals surface area contributed by atoms with Gasteiger partial charge in [-0.05, 0) is 12.5 Å². The van der Waals surface area contributed by atoms with E-state index in [0.717, 1.165) is 18.5 Å². The third-order valence-corrected chi connectivity index (χ3v) is 4.76. The summed E-state index contributed by atoms with van der Waals surface area (Å²) in [6.45, 7) is 3.05. The number of hydrogen-bond donors (Lipinski definition) is 2. The lowest BCUT2D eigenvalue weighted by Crippen LogP contribution is -2.26. The minimum atomic E-state index is -3.55. The fourth-order valence-electron chi connectivity index (χ4n) is 1.81. The lowest BCUT2D eigenvalue weighted by Gasteiger charge is -2.16. The molecule has 0 aliphatic rings. The van der Waals surface area contributed by atoms with Crippen LogP contribution < -0.4 is 5.32 Å². The van der Waals surface area contributed by atoms with Crippen molar-refractivity contribution in [2.75, 3.05) is 18.9 Å². The number of pyridine rings is 1. The predicted octanol–water partition coefficient (Wildman–Crippen LogP) is 1.45. The lowest BCUT2D eigenvalue weighted by atomic mass is 10.4. The molecular weight excluding hydrogens is 290 g/mol. The van der Waals surface area contributed by atoms with Gasteiger partial charge >= 0.3 is 0 Å². The molecule has 8 heteroatoms. The summed E-state index contributed by atoms with van der Waals surface area (Å²) in [4.78, 5) is 4.34. The molecule has 0 spiro atoms. The van der Waals surface area contributed by atoms with Crippen molar-refractivity contribution in [2.45, 2.75) is 24.8 Å². The molecule has 7 nitrogen and oxygen atoms in total. The van der Waals surface area contributed by atoms with Crippen LogP contribution in [0, 0.1) is 0 Å². The average Bonchev–Trinajstić information content (AvgIpc) is 2.98. The third-order valence-electron chi connectivity index (χ3n) is 2.96. The van der Waals surface area contributed by atoms with Crippen molar-refractivity contribution < 1.29 is 8.42 Å². The molecule has 0 radical (unpaired) electrons. The summed E-state index contributed by atoms with van der Waals surface area (Å²) in [5.41, 5.74) is 0.805. The molecule has 0 aromatic carbocycles. The SMILES string of the molecule is CCCNc1cc(S(=O)(=O)N(C)Cc2cn[nH]c2)ccn1. The number of aromatic amines is 1. The van der Waals surface area contributed by atoms with Crippen LogP contribution in [0.2, 0.25) is 0 Å². The highest BCUT2D eigenvalue weighted by Crippen LogP contribution is 2.18. The molecule has 2 rings (SSSR count). The highest BCUT2D eigenvalue weighted by atomic mass is 32.2. The van der Waals surface area contributed by atoms with Crippen LogP contribution in [-0.4, -0.2) is 41.5 Å². The average molecular weight is 309 g/mol. The first-order chi connectivity index (χ1) is 10.0. The molecule has 2 N–H and O–H groups in total. The van der Waals surface area contributed by atoms with Crippen LogP contribution in [-0.2, 0) is 16.6 Å². The standard InChI is InChI=1S/C13H19N5O2S/c1-3-5-14-13-7-12(4-6-15-13)21(19,20)18(2)10-11-8-16-17-9-11/h4,6-9H,3,5,10H2,1-2H3,(H,14,15)(H,16,17). The quantitative estimate of drug-likeness (QED) is 0.807. The Morgan fingerprint density at radius 1 is 1.43 bits per heavy atom. The Bertz CT molecular complexity index is 670. The van der Waals surface area contributed by atoms with Crippen molar-refractivity contribution in [1.29, 1.82) is 0 Å². The maximum absolute atomic E-state index is 12.5. The van der Waals surface area contributed by atoms with Gasteiger partial charge in [-0.3, -0.25) is 5.10 Å². The molecule has 2 aromatic heterocycles. The Morgan fingerprint density at radius 3 is 2.90 bits per heavy atom. The first kappa shape index (κ1) is 15.5. The van der Waals surface area contributed by atoms with Gasteiger partial charge in [-0.25, -0.2) is 13.4 Å². The first-order valence-corrected chi connectivity index (χ1v) is 8.12. The number of H-pyrrole nitrogens is 1. The van der Waals surface area contributed by atoms with Crippen molar-refractivity contribution >= 4 is 15.8 Å². The zero-order valence-electron chi connectivity index (χ0n) is 12.1. The largest absolute Gasteiger partial charge is 0.370 e. The van der Waals surface area contributed by atoms with Gasteiger partial charge in [0.25, 0.3) is 0 Å². The third kappa shape index (κ3) is 3.79. The van der Waals surface area contributed by atoms with Crippen molar-refractivity contribution in [3.63, 3.8) is 0 Å². The molecule has 114 valence electrons. The van der Waals surface area contributed by atoms with Crippen molar-refractivity contribution in [3.8, 4) is 0 Å². The normalized spacial score (nSPS) is 11.8. The Balaban J connectivity index is 2.18. The maximum Gasteiger partial charge on any atom is 0.243 e. The van der Waals surface area contributed by atoms with Gasteiger partial charge in [-0.2, -0.15) is 9.40 Å². The van der Waals surface area contributed by atoms with Gasteiger partial charge in [-0.1, -0.05) is 6.92 Å². The van der Waals surface area contributed by atoms with E-state index in [2.05, 4.69) is 20.5 Å². The van der Waals surface area contributed by atoms with E-state index in [1.54, 1.807) is 25.5 Å².